The summed E-state index contributed by atoms with van der Waals surface area (Å²) in [6.07, 6.45) is 4.12. The standard InChI is InChI=1S/C19H15ClO/c20-15-7-5-12(6-8-15)9-14-10-13-11-18(13)16-3-1-2-4-17(16)19(14)21/h1-9,13,18H,10-11H2/b14-9+. The molecule has 21 heavy (non-hydrogen) atoms. The van der Waals surface area contributed by atoms with Crippen LogP contribution in [0.3, 0.4) is 0 Å². The van der Waals surface area contributed by atoms with Crippen molar-refractivity contribution in [3.63, 3.8) is 0 Å². The van der Waals surface area contributed by atoms with Crippen LogP contribution in [0.25, 0.3) is 6.08 Å². The van der Waals surface area contributed by atoms with Crippen LogP contribution in [0, 0.1) is 5.92 Å². The first kappa shape index (κ1) is 12.8. The largest absolute Gasteiger partial charge is 0.289 e. The van der Waals surface area contributed by atoms with Gasteiger partial charge in [0.05, 0.1) is 0 Å². The molecule has 2 aromatic rings. The van der Waals surface area contributed by atoms with Crippen LogP contribution in [0.2, 0.25) is 5.02 Å². The highest BCUT2D eigenvalue weighted by molar-refractivity contribution is 6.30. The van der Waals surface area contributed by atoms with Crippen LogP contribution < -0.4 is 0 Å². The molecule has 0 aliphatic heterocycles. The van der Waals surface area contributed by atoms with Gasteiger partial charge in [0, 0.05) is 16.2 Å². The van der Waals surface area contributed by atoms with Crippen LogP contribution in [0.15, 0.2) is 54.1 Å². The Morgan fingerprint density at radius 1 is 1.05 bits per heavy atom. The number of Topliss-reactive ketones (excluding diaryl/α,β-unsaturated/α-hetero) is 1. The van der Waals surface area contributed by atoms with Crippen molar-refractivity contribution in [2.75, 3.05) is 0 Å². The van der Waals surface area contributed by atoms with Crippen molar-refractivity contribution in [2.45, 2.75) is 18.8 Å². The molecule has 2 aromatic carbocycles. The molecule has 1 nitrogen and oxygen atoms in total. The Balaban J connectivity index is 1.77. The average molecular weight is 295 g/mol. The molecule has 1 saturated carbocycles. The molecular formula is C19H15ClO. The van der Waals surface area contributed by atoms with E-state index in [1.807, 2.05) is 48.5 Å². The maximum Gasteiger partial charge on any atom is 0.189 e. The summed E-state index contributed by atoms with van der Waals surface area (Å²) in [4.78, 5) is 12.8. The van der Waals surface area contributed by atoms with Crippen LogP contribution >= 0.6 is 11.6 Å². The topological polar surface area (TPSA) is 17.1 Å². The fourth-order valence-corrected chi connectivity index (χ4v) is 3.44. The smallest absolute Gasteiger partial charge is 0.189 e. The summed E-state index contributed by atoms with van der Waals surface area (Å²) in [5.74, 6) is 1.41. The summed E-state index contributed by atoms with van der Waals surface area (Å²) in [7, 11) is 0. The third kappa shape index (κ3) is 2.32. The third-order valence-electron chi connectivity index (χ3n) is 4.51. The maximum atomic E-state index is 12.8. The van der Waals surface area contributed by atoms with Gasteiger partial charge in [0.2, 0.25) is 0 Å². The Morgan fingerprint density at radius 3 is 2.62 bits per heavy atom. The highest BCUT2D eigenvalue weighted by atomic mass is 35.5. The Labute approximate surface area is 129 Å². The van der Waals surface area contributed by atoms with Gasteiger partial charge in [0.25, 0.3) is 0 Å². The Morgan fingerprint density at radius 2 is 1.81 bits per heavy atom. The van der Waals surface area contributed by atoms with Gasteiger partial charge in [-0.1, -0.05) is 48.0 Å². The molecule has 104 valence electrons. The van der Waals surface area contributed by atoms with Crippen molar-refractivity contribution in [3.8, 4) is 0 Å². The summed E-state index contributed by atoms with van der Waals surface area (Å²) in [6.45, 7) is 0. The van der Waals surface area contributed by atoms with E-state index in [0.29, 0.717) is 11.8 Å². The molecule has 1 fully saturated rings. The van der Waals surface area contributed by atoms with Gasteiger partial charge >= 0.3 is 0 Å². The van der Waals surface area contributed by atoms with E-state index in [0.717, 1.165) is 28.1 Å². The maximum absolute atomic E-state index is 12.8. The van der Waals surface area contributed by atoms with E-state index in [-0.39, 0.29) is 5.78 Å². The number of fused-ring (bicyclic) bond motifs is 3. The lowest BCUT2D eigenvalue weighted by molar-refractivity contribution is 0.103. The van der Waals surface area contributed by atoms with E-state index in [1.54, 1.807) is 0 Å². The second-order valence-corrected chi connectivity index (χ2v) is 6.38. The lowest BCUT2D eigenvalue weighted by atomic mass is 9.96. The molecule has 4 rings (SSSR count). The fraction of sp³-hybridized carbons (Fsp3) is 0.211. The van der Waals surface area contributed by atoms with Crippen LogP contribution in [0.4, 0.5) is 0 Å². The summed E-state index contributed by atoms with van der Waals surface area (Å²) in [5, 5.41) is 0.719. The number of rotatable bonds is 1. The molecule has 0 aromatic heterocycles. The van der Waals surface area contributed by atoms with Gasteiger partial charge in [0.15, 0.2) is 5.78 Å². The van der Waals surface area contributed by atoms with Crippen LogP contribution in [0.5, 0.6) is 0 Å². The molecule has 0 amide bonds. The van der Waals surface area contributed by atoms with E-state index in [2.05, 4.69) is 6.07 Å². The number of benzene rings is 2. The summed E-state index contributed by atoms with van der Waals surface area (Å²) >= 11 is 5.92. The van der Waals surface area contributed by atoms with E-state index in [4.69, 9.17) is 11.6 Å². The molecule has 0 radical (unpaired) electrons. The first-order valence-corrected chi connectivity index (χ1v) is 7.70. The number of allylic oxidation sites excluding steroid dienone is 1. The minimum absolute atomic E-state index is 0.188. The van der Waals surface area contributed by atoms with Gasteiger partial charge in [-0.15, -0.1) is 0 Å². The quantitative estimate of drug-likeness (QED) is 0.668. The molecular weight excluding hydrogens is 280 g/mol. The van der Waals surface area contributed by atoms with Crippen molar-refractivity contribution in [3.05, 3.63) is 75.8 Å². The average Bonchev–Trinajstić information content (AvgIpc) is 3.27. The second kappa shape index (κ2) is 4.85. The predicted octanol–water partition coefficient (Wildman–Crippen LogP) is 5.11. The number of carbonyl (C=O) groups excluding carboxylic acids is 1. The molecule has 2 heteroatoms. The summed E-state index contributed by atoms with van der Waals surface area (Å²) in [6, 6.07) is 15.7. The summed E-state index contributed by atoms with van der Waals surface area (Å²) < 4.78 is 0. The Bertz CT molecular complexity index is 742. The SMILES string of the molecule is O=C1/C(=C/c2ccc(Cl)cc2)CC2CC2c2ccccc21. The molecule has 2 aliphatic carbocycles. The van der Waals surface area contributed by atoms with E-state index in [1.165, 1.54) is 12.0 Å². The minimum Gasteiger partial charge on any atom is -0.289 e. The van der Waals surface area contributed by atoms with E-state index >= 15 is 0 Å². The van der Waals surface area contributed by atoms with E-state index in [9.17, 15) is 4.79 Å². The lowest BCUT2D eigenvalue weighted by Gasteiger charge is -2.07. The summed E-state index contributed by atoms with van der Waals surface area (Å²) in [5.41, 5.74) is 4.10. The zero-order valence-corrected chi connectivity index (χ0v) is 12.3. The Hall–Kier alpha value is -1.86. The van der Waals surface area contributed by atoms with Crippen molar-refractivity contribution in [1.82, 2.24) is 0 Å². The van der Waals surface area contributed by atoms with Crippen LogP contribution in [-0.2, 0) is 0 Å². The monoisotopic (exact) mass is 294 g/mol. The normalized spacial score (nSPS) is 25.2. The van der Waals surface area contributed by atoms with Crippen molar-refractivity contribution in [1.29, 1.82) is 0 Å². The lowest BCUT2D eigenvalue weighted by Crippen LogP contribution is -2.04. The van der Waals surface area contributed by atoms with Gasteiger partial charge in [-0.3, -0.25) is 4.79 Å². The number of hydrogen-bond acceptors (Lipinski definition) is 1. The second-order valence-electron chi connectivity index (χ2n) is 5.94. The van der Waals surface area contributed by atoms with Crippen LogP contribution in [-0.4, -0.2) is 5.78 Å². The molecule has 0 bridgehead atoms. The molecule has 0 spiro atoms. The van der Waals surface area contributed by atoms with Crippen molar-refractivity contribution < 1.29 is 4.79 Å². The number of hydrogen-bond donors (Lipinski definition) is 0. The highest BCUT2D eigenvalue weighted by Crippen LogP contribution is 2.54. The van der Waals surface area contributed by atoms with Gasteiger partial charge in [-0.05, 0) is 54.0 Å². The molecule has 2 unspecified atom stereocenters. The molecule has 0 N–H and O–H groups in total. The number of halogens is 1. The molecule has 2 atom stereocenters. The van der Waals surface area contributed by atoms with Crippen molar-refractivity contribution >= 4 is 23.5 Å². The zero-order valence-electron chi connectivity index (χ0n) is 11.6. The first-order chi connectivity index (χ1) is 10.2. The van der Waals surface area contributed by atoms with Gasteiger partial charge in [-0.2, -0.15) is 0 Å². The third-order valence-corrected chi connectivity index (χ3v) is 4.76. The number of ketones is 1. The van der Waals surface area contributed by atoms with E-state index < -0.39 is 0 Å². The zero-order chi connectivity index (χ0) is 14.4. The minimum atomic E-state index is 0.188. The van der Waals surface area contributed by atoms with Gasteiger partial charge in [-0.25, -0.2) is 0 Å². The molecule has 0 saturated heterocycles. The molecule has 0 heterocycles. The fourth-order valence-electron chi connectivity index (χ4n) is 3.31. The highest BCUT2D eigenvalue weighted by Gasteiger charge is 2.43. The molecule has 2 aliphatic rings. The van der Waals surface area contributed by atoms with Gasteiger partial charge in [0.1, 0.15) is 0 Å². The predicted molar refractivity (Wildman–Crippen MR) is 85.7 cm³/mol. The first-order valence-electron chi connectivity index (χ1n) is 7.32. The number of carbonyl (C=O) groups is 1. The van der Waals surface area contributed by atoms with Crippen LogP contribution in [0.1, 0.15) is 40.2 Å². The van der Waals surface area contributed by atoms with Gasteiger partial charge < -0.3 is 0 Å². The Kier molecular flexibility index (Phi) is 2.97. The van der Waals surface area contributed by atoms with Crippen molar-refractivity contribution in [2.24, 2.45) is 5.92 Å².